The van der Waals surface area contributed by atoms with E-state index < -0.39 is 12.3 Å². The molecule has 1 amide bonds. The van der Waals surface area contributed by atoms with E-state index in [0.717, 1.165) is 6.20 Å². The van der Waals surface area contributed by atoms with Gasteiger partial charge in [-0.3, -0.25) is 9.78 Å². The van der Waals surface area contributed by atoms with Crippen LogP contribution in [0.2, 0.25) is 0 Å². The predicted octanol–water partition coefficient (Wildman–Crippen LogP) is 2.01. The summed E-state index contributed by atoms with van der Waals surface area (Å²) in [6.07, 6.45) is -1.65. The van der Waals surface area contributed by atoms with E-state index in [1.807, 2.05) is 0 Å². The molecule has 0 unspecified atom stereocenters. The van der Waals surface area contributed by atoms with Gasteiger partial charge in [0.05, 0.1) is 11.3 Å². The molecule has 2 N–H and O–H groups in total. The second kappa shape index (κ2) is 4.45. The fourth-order valence-corrected chi connectivity index (χ4v) is 1.28. The van der Waals surface area contributed by atoms with Crippen LogP contribution >= 0.6 is 15.9 Å². The van der Waals surface area contributed by atoms with Crippen molar-refractivity contribution in [3.63, 3.8) is 0 Å². The van der Waals surface area contributed by atoms with Crippen LogP contribution in [0, 0.1) is 0 Å². The molecule has 0 aliphatic carbocycles. The van der Waals surface area contributed by atoms with E-state index in [1.165, 1.54) is 6.07 Å². The summed E-state index contributed by atoms with van der Waals surface area (Å²) in [5.41, 5.74) is 4.75. The highest BCUT2D eigenvalue weighted by Crippen LogP contribution is 2.23. The van der Waals surface area contributed by atoms with Gasteiger partial charge >= 0.3 is 0 Å². The van der Waals surface area contributed by atoms with Crippen LogP contribution in [-0.4, -0.2) is 10.9 Å². The number of pyridine rings is 1. The first-order valence-electron chi connectivity index (χ1n) is 3.69. The second-order valence-electron chi connectivity index (χ2n) is 2.56. The summed E-state index contributed by atoms with van der Waals surface area (Å²) in [7, 11) is 0. The smallest absolute Gasteiger partial charge is 0.264 e. The van der Waals surface area contributed by atoms with Gasteiger partial charge in [-0.05, 0) is 6.07 Å². The minimum Gasteiger partial charge on any atom is -0.366 e. The number of carbonyl (C=O) groups excluding carboxylic acids is 1. The largest absolute Gasteiger partial charge is 0.366 e. The SMILES string of the molecule is NC(=O)c1cnc(CBr)cc1C(F)F. The van der Waals surface area contributed by atoms with E-state index in [-0.39, 0.29) is 11.1 Å². The Balaban J connectivity index is 3.24. The van der Waals surface area contributed by atoms with Crippen molar-refractivity contribution in [1.29, 1.82) is 0 Å². The number of carbonyl (C=O) groups is 1. The molecule has 0 aliphatic rings. The fourth-order valence-electron chi connectivity index (χ4n) is 0.976. The molecule has 0 bridgehead atoms. The van der Waals surface area contributed by atoms with Crippen LogP contribution in [0.25, 0.3) is 0 Å². The Kier molecular flexibility index (Phi) is 3.51. The first-order valence-corrected chi connectivity index (χ1v) is 4.81. The minimum absolute atomic E-state index is 0.232. The van der Waals surface area contributed by atoms with Crippen LogP contribution in [0.5, 0.6) is 0 Å². The number of alkyl halides is 3. The molecule has 76 valence electrons. The lowest BCUT2D eigenvalue weighted by molar-refractivity contribution is 0.0985. The average Bonchev–Trinajstić information content (AvgIpc) is 2.16. The molecule has 1 rings (SSSR count). The summed E-state index contributed by atoms with van der Waals surface area (Å²) < 4.78 is 24.9. The molecule has 1 aromatic rings. The quantitative estimate of drug-likeness (QED) is 0.850. The van der Waals surface area contributed by atoms with Gasteiger partial charge in [0.25, 0.3) is 12.3 Å². The summed E-state index contributed by atoms with van der Waals surface area (Å²) in [6, 6.07) is 1.17. The van der Waals surface area contributed by atoms with Gasteiger partial charge in [0.2, 0.25) is 0 Å². The standard InChI is InChI=1S/C8H7BrF2N2O/c9-2-4-1-5(7(10)11)6(3-13-4)8(12)14/h1,3,7H,2H2,(H2,12,14). The number of amides is 1. The van der Waals surface area contributed by atoms with E-state index in [0.29, 0.717) is 11.0 Å². The molecule has 0 saturated carbocycles. The van der Waals surface area contributed by atoms with E-state index in [4.69, 9.17) is 5.73 Å². The van der Waals surface area contributed by atoms with Crippen LogP contribution in [-0.2, 0) is 5.33 Å². The molecular formula is C8H7BrF2N2O. The monoisotopic (exact) mass is 264 g/mol. The maximum atomic E-state index is 12.5. The summed E-state index contributed by atoms with van der Waals surface area (Å²) in [5, 5.41) is 0.353. The Morgan fingerprint density at radius 2 is 2.29 bits per heavy atom. The molecule has 1 heterocycles. The van der Waals surface area contributed by atoms with E-state index in [9.17, 15) is 13.6 Å². The van der Waals surface area contributed by atoms with Crippen LogP contribution in [0.3, 0.4) is 0 Å². The number of halogens is 3. The Morgan fingerprint density at radius 3 is 2.71 bits per heavy atom. The van der Waals surface area contributed by atoms with Crippen LogP contribution in [0.15, 0.2) is 12.3 Å². The van der Waals surface area contributed by atoms with E-state index in [2.05, 4.69) is 20.9 Å². The van der Waals surface area contributed by atoms with Crippen LogP contribution < -0.4 is 5.73 Å². The highest BCUT2D eigenvalue weighted by molar-refractivity contribution is 9.08. The number of primary amides is 1. The zero-order chi connectivity index (χ0) is 10.7. The van der Waals surface area contributed by atoms with Gasteiger partial charge in [0, 0.05) is 17.1 Å². The third kappa shape index (κ3) is 2.25. The molecule has 6 heteroatoms. The number of nitrogens with two attached hydrogens (primary N) is 1. The molecule has 0 aromatic carbocycles. The van der Waals surface area contributed by atoms with Gasteiger partial charge in [-0.2, -0.15) is 0 Å². The van der Waals surface area contributed by atoms with Crippen molar-refractivity contribution in [2.45, 2.75) is 11.8 Å². The fraction of sp³-hybridized carbons (Fsp3) is 0.250. The molecule has 1 aromatic heterocycles. The third-order valence-electron chi connectivity index (χ3n) is 1.63. The van der Waals surface area contributed by atoms with Crippen molar-refractivity contribution >= 4 is 21.8 Å². The molecule has 0 aliphatic heterocycles. The average molecular weight is 265 g/mol. The zero-order valence-corrected chi connectivity index (χ0v) is 8.59. The number of hydrogen-bond acceptors (Lipinski definition) is 2. The number of hydrogen-bond donors (Lipinski definition) is 1. The molecule has 3 nitrogen and oxygen atoms in total. The van der Waals surface area contributed by atoms with Crippen LogP contribution in [0.4, 0.5) is 8.78 Å². The lowest BCUT2D eigenvalue weighted by Crippen LogP contribution is -2.15. The Labute approximate surface area is 87.4 Å². The minimum atomic E-state index is -2.72. The first kappa shape index (κ1) is 11.0. The third-order valence-corrected chi connectivity index (χ3v) is 2.20. The Hall–Kier alpha value is -1.04. The van der Waals surface area contributed by atoms with Crippen molar-refractivity contribution < 1.29 is 13.6 Å². The molecular weight excluding hydrogens is 258 g/mol. The van der Waals surface area contributed by atoms with Gasteiger partial charge in [0.15, 0.2) is 0 Å². The number of nitrogens with zero attached hydrogens (tertiary/aromatic N) is 1. The van der Waals surface area contributed by atoms with Gasteiger partial charge in [-0.15, -0.1) is 0 Å². The van der Waals surface area contributed by atoms with Crippen LogP contribution in [0.1, 0.15) is 28.0 Å². The van der Waals surface area contributed by atoms with Gasteiger partial charge in [0.1, 0.15) is 0 Å². The highest BCUT2D eigenvalue weighted by Gasteiger charge is 2.17. The molecule has 0 atom stereocenters. The predicted molar refractivity (Wildman–Crippen MR) is 50.3 cm³/mol. The van der Waals surface area contributed by atoms with Crippen molar-refractivity contribution in [1.82, 2.24) is 4.98 Å². The van der Waals surface area contributed by atoms with Crippen molar-refractivity contribution in [2.24, 2.45) is 5.73 Å². The highest BCUT2D eigenvalue weighted by atomic mass is 79.9. The number of aromatic nitrogens is 1. The van der Waals surface area contributed by atoms with Gasteiger partial charge in [-0.25, -0.2) is 8.78 Å². The summed E-state index contributed by atoms with van der Waals surface area (Å²) >= 11 is 3.08. The maximum absolute atomic E-state index is 12.5. The van der Waals surface area contributed by atoms with Crippen molar-refractivity contribution in [3.8, 4) is 0 Å². The maximum Gasteiger partial charge on any atom is 0.264 e. The summed E-state index contributed by atoms with van der Waals surface area (Å²) in [4.78, 5) is 14.5. The topological polar surface area (TPSA) is 56.0 Å². The van der Waals surface area contributed by atoms with Crippen molar-refractivity contribution in [3.05, 3.63) is 29.1 Å². The number of rotatable bonds is 3. The molecule has 0 saturated heterocycles. The summed E-state index contributed by atoms with van der Waals surface area (Å²) in [6.45, 7) is 0. The normalized spacial score (nSPS) is 10.6. The Morgan fingerprint density at radius 1 is 1.64 bits per heavy atom. The summed E-state index contributed by atoms with van der Waals surface area (Å²) in [5.74, 6) is -0.895. The van der Waals surface area contributed by atoms with Gasteiger partial charge < -0.3 is 5.73 Å². The van der Waals surface area contributed by atoms with Crippen molar-refractivity contribution in [2.75, 3.05) is 0 Å². The lowest BCUT2D eigenvalue weighted by Gasteiger charge is -2.06. The lowest BCUT2D eigenvalue weighted by atomic mass is 10.1. The Bertz CT molecular complexity index is 357. The molecule has 0 radical (unpaired) electrons. The molecule has 14 heavy (non-hydrogen) atoms. The zero-order valence-electron chi connectivity index (χ0n) is 7.01. The van der Waals surface area contributed by atoms with E-state index >= 15 is 0 Å². The van der Waals surface area contributed by atoms with Gasteiger partial charge in [-0.1, -0.05) is 15.9 Å². The second-order valence-corrected chi connectivity index (χ2v) is 3.12. The van der Waals surface area contributed by atoms with E-state index in [1.54, 1.807) is 0 Å². The first-order chi connectivity index (χ1) is 6.56. The molecule has 0 spiro atoms. The molecule has 0 fully saturated rings.